The molecule has 2 heterocycles. The smallest absolute Gasteiger partial charge is 0.223 e. The monoisotopic (exact) mass is 311 g/mol. The summed E-state index contributed by atoms with van der Waals surface area (Å²) < 4.78 is 1.88. The second-order valence-corrected chi connectivity index (χ2v) is 5.91. The van der Waals surface area contributed by atoms with Gasteiger partial charge in [-0.05, 0) is 35.0 Å². The summed E-state index contributed by atoms with van der Waals surface area (Å²) in [6.45, 7) is 0. The average Bonchev–Trinajstić information content (AvgIpc) is 3.11. The van der Waals surface area contributed by atoms with Crippen molar-refractivity contribution < 1.29 is 0 Å². The Morgan fingerprint density at radius 1 is 1.40 bits per heavy atom. The molecule has 0 atom stereocenters. The molecule has 0 aromatic carbocycles. The van der Waals surface area contributed by atoms with Gasteiger partial charge in [0.05, 0.1) is 17.3 Å². The molecule has 0 spiro atoms. The molecule has 1 aliphatic carbocycles. The van der Waals surface area contributed by atoms with Crippen LogP contribution < -0.4 is 5.32 Å². The van der Waals surface area contributed by atoms with Gasteiger partial charge in [0.25, 0.3) is 0 Å². The highest BCUT2D eigenvalue weighted by Gasteiger charge is 2.22. The van der Waals surface area contributed by atoms with Crippen LogP contribution in [-0.2, 0) is 0 Å². The van der Waals surface area contributed by atoms with Crippen molar-refractivity contribution in [2.75, 3.05) is 12.4 Å². The van der Waals surface area contributed by atoms with Crippen molar-refractivity contribution in [1.29, 1.82) is 0 Å². The molecule has 7 nitrogen and oxygen atoms in total. The van der Waals surface area contributed by atoms with Gasteiger partial charge in [-0.15, -0.1) is 5.10 Å². The summed E-state index contributed by atoms with van der Waals surface area (Å²) in [4.78, 5) is 8.39. The number of nitrogens with zero attached hydrogens (tertiary/aromatic N) is 6. The van der Waals surface area contributed by atoms with Gasteiger partial charge in [-0.1, -0.05) is 24.4 Å². The topological polar surface area (TPSA) is 81.4 Å². The van der Waals surface area contributed by atoms with Crippen LogP contribution in [-0.4, -0.2) is 37.2 Å². The van der Waals surface area contributed by atoms with Crippen LogP contribution in [0.25, 0.3) is 0 Å². The Labute approximate surface area is 125 Å². The first-order valence-corrected chi connectivity index (χ1v) is 7.63. The average molecular weight is 312 g/mol. The van der Waals surface area contributed by atoms with E-state index in [1.807, 2.05) is 4.68 Å². The standard InChI is InChI=1S/C11H14ClN7S/c1-13-10-14-6-8(12)9(15-10)20-11-16-17-18-19(11)7-4-2-3-5-7/h6-7H,2-5H2,1H3,(H,13,14,15). The van der Waals surface area contributed by atoms with Crippen LogP contribution >= 0.6 is 23.4 Å². The maximum atomic E-state index is 6.13. The minimum Gasteiger partial charge on any atom is -0.357 e. The third-order valence-electron chi connectivity index (χ3n) is 3.26. The van der Waals surface area contributed by atoms with Crippen molar-refractivity contribution in [2.24, 2.45) is 0 Å². The predicted octanol–water partition coefficient (Wildman–Crippen LogP) is 2.42. The molecule has 3 rings (SSSR count). The molecular formula is C11H14ClN7S. The molecule has 0 radical (unpaired) electrons. The summed E-state index contributed by atoms with van der Waals surface area (Å²) in [6.07, 6.45) is 6.28. The van der Waals surface area contributed by atoms with E-state index in [1.165, 1.54) is 24.6 Å². The van der Waals surface area contributed by atoms with E-state index >= 15 is 0 Å². The summed E-state index contributed by atoms with van der Waals surface area (Å²) in [6, 6.07) is 0.386. The molecule has 1 saturated carbocycles. The molecule has 0 aliphatic heterocycles. The molecular weight excluding hydrogens is 298 g/mol. The molecule has 0 saturated heterocycles. The van der Waals surface area contributed by atoms with E-state index in [2.05, 4.69) is 30.8 Å². The largest absolute Gasteiger partial charge is 0.357 e. The van der Waals surface area contributed by atoms with Gasteiger partial charge in [-0.2, -0.15) is 0 Å². The molecule has 0 amide bonds. The molecule has 1 aliphatic rings. The fourth-order valence-electron chi connectivity index (χ4n) is 2.26. The Morgan fingerprint density at radius 2 is 2.20 bits per heavy atom. The fourth-order valence-corrected chi connectivity index (χ4v) is 3.28. The Balaban J connectivity index is 1.86. The molecule has 2 aromatic rings. The molecule has 106 valence electrons. The highest BCUT2D eigenvalue weighted by atomic mass is 35.5. The maximum absolute atomic E-state index is 6.13. The Kier molecular flexibility index (Phi) is 4.02. The number of nitrogens with one attached hydrogen (secondary N) is 1. The number of hydrogen-bond donors (Lipinski definition) is 1. The molecule has 2 aromatic heterocycles. The quantitative estimate of drug-likeness (QED) is 0.868. The van der Waals surface area contributed by atoms with Gasteiger partial charge in [0.15, 0.2) is 0 Å². The SMILES string of the molecule is CNc1ncc(Cl)c(Sc2nnnn2C2CCCC2)n1. The van der Waals surface area contributed by atoms with E-state index < -0.39 is 0 Å². The molecule has 9 heteroatoms. The van der Waals surface area contributed by atoms with Gasteiger partial charge >= 0.3 is 0 Å². The summed E-state index contributed by atoms with van der Waals surface area (Å²) in [7, 11) is 1.76. The minimum atomic E-state index is 0.386. The van der Waals surface area contributed by atoms with Crippen molar-refractivity contribution in [3.8, 4) is 0 Å². The maximum Gasteiger partial charge on any atom is 0.223 e. The molecule has 1 N–H and O–H groups in total. The summed E-state index contributed by atoms with van der Waals surface area (Å²) in [5.41, 5.74) is 0. The van der Waals surface area contributed by atoms with Gasteiger partial charge in [0.2, 0.25) is 11.1 Å². The first-order valence-electron chi connectivity index (χ1n) is 6.44. The number of hydrogen-bond acceptors (Lipinski definition) is 7. The van der Waals surface area contributed by atoms with E-state index in [0.29, 0.717) is 22.0 Å². The molecule has 0 bridgehead atoms. The first kappa shape index (κ1) is 13.6. The van der Waals surface area contributed by atoms with E-state index in [1.54, 1.807) is 13.2 Å². The van der Waals surface area contributed by atoms with Crippen LogP contribution in [0.5, 0.6) is 0 Å². The van der Waals surface area contributed by atoms with E-state index in [4.69, 9.17) is 11.6 Å². The first-order chi connectivity index (χ1) is 9.78. The lowest BCUT2D eigenvalue weighted by molar-refractivity contribution is 0.423. The summed E-state index contributed by atoms with van der Waals surface area (Å²) in [5.74, 6) is 0.525. The third kappa shape index (κ3) is 2.71. The Morgan fingerprint density at radius 3 is 2.95 bits per heavy atom. The van der Waals surface area contributed by atoms with Gasteiger partial charge < -0.3 is 5.32 Å². The highest BCUT2D eigenvalue weighted by Crippen LogP contribution is 2.35. The second-order valence-electron chi connectivity index (χ2n) is 4.54. The lowest BCUT2D eigenvalue weighted by Gasteiger charge is -2.11. The van der Waals surface area contributed by atoms with E-state index in [0.717, 1.165) is 18.0 Å². The molecule has 0 unspecified atom stereocenters. The Bertz CT molecular complexity index is 596. The van der Waals surface area contributed by atoms with Crippen molar-refractivity contribution >= 4 is 29.3 Å². The van der Waals surface area contributed by atoms with Gasteiger partial charge in [0, 0.05) is 7.05 Å². The summed E-state index contributed by atoms with van der Waals surface area (Å²) in [5, 5.41) is 16.7. The number of halogens is 1. The van der Waals surface area contributed by atoms with E-state index in [-0.39, 0.29) is 0 Å². The lowest BCUT2D eigenvalue weighted by Crippen LogP contribution is -2.08. The van der Waals surface area contributed by atoms with Gasteiger partial charge in [0.1, 0.15) is 5.03 Å². The van der Waals surface area contributed by atoms with Gasteiger partial charge in [-0.25, -0.2) is 14.6 Å². The fraction of sp³-hybridized carbons (Fsp3) is 0.545. The van der Waals surface area contributed by atoms with Crippen LogP contribution in [0.3, 0.4) is 0 Å². The Hall–Kier alpha value is -1.41. The molecule has 1 fully saturated rings. The number of tetrazole rings is 1. The van der Waals surface area contributed by atoms with Crippen LogP contribution in [0, 0.1) is 0 Å². The lowest BCUT2D eigenvalue weighted by atomic mass is 10.3. The zero-order chi connectivity index (χ0) is 13.9. The van der Waals surface area contributed by atoms with Gasteiger partial charge in [-0.3, -0.25) is 0 Å². The third-order valence-corrected chi connectivity index (χ3v) is 4.60. The van der Waals surface area contributed by atoms with Crippen LogP contribution in [0.15, 0.2) is 16.4 Å². The van der Waals surface area contributed by atoms with Crippen molar-refractivity contribution in [3.05, 3.63) is 11.2 Å². The highest BCUT2D eigenvalue weighted by molar-refractivity contribution is 7.99. The summed E-state index contributed by atoms with van der Waals surface area (Å²) >= 11 is 7.50. The molecule has 20 heavy (non-hydrogen) atoms. The van der Waals surface area contributed by atoms with Crippen molar-refractivity contribution in [3.63, 3.8) is 0 Å². The predicted molar refractivity (Wildman–Crippen MR) is 76.0 cm³/mol. The van der Waals surface area contributed by atoms with Crippen LogP contribution in [0.2, 0.25) is 5.02 Å². The number of rotatable bonds is 4. The minimum absolute atomic E-state index is 0.386. The van der Waals surface area contributed by atoms with Crippen molar-refractivity contribution in [2.45, 2.75) is 41.9 Å². The second kappa shape index (κ2) is 5.92. The van der Waals surface area contributed by atoms with Crippen LogP contribution in [0.4, 0.5) is 5.95 Å². The van der Waals surface area contributed by atoms with Crippen LogP contribution in [0.1, 0.15) is 31.7 Å². The normalized spacial score (nSPS) is 15.7. The zero-order valence-corrected chi connectivity index (χ0v) is 12.5. The number of anilines is 1. The number of aromatic nitrogens is 6. The van der Waals surface area contributed by atoms with Crippen molar-refractivity contribution in [1.82, 2.24) is 30.2 Å². The van der Waals surface area contributed by atoms with E-state index in [9.17, 15) is 0 Å². The zero-order valence-electron chi connectivity index (χ0n) is 11.0.